The van der Waals surface area contributed by atoms with Crippen LogP contribution in [0.1, 0.15) is 25.5 Å². The smallest absolute Gasteiger partial charge is 0.245 e. The first-order valence-corrected chi connectivity index (χ1v) is 6.80. The Hall–Kier alpha value is -1.07. The summed E-state index contributed by atoms with van der Waals surface area (Å²) < 4.78 is 0.969. The van der Waals surface area contributed by atoms with E-state index in [9.17, 15) is 4.79 Å². The molecule has 0 spiro atoms. The second-order valence-corrected chi connectivity index (χ2v) is 5.99. The number of anilines is 2. The maximum Gasteiger partial charge on any atom is 0.245 e. The van der Waals surface area contributed by atoms with Crippen LogP contribution >= 0.6 is 15.9 Å². The first-order chi connectivity index (χ1) is 8.40. The zero-order valence-corrected chi connectivity index (χ0v) is 12.4. The van der Waals surface area contributed by atoms with Crippen molar-refractivity contribution in [3.63, 3.8) is 0 Å². The van der Waals surface area contributed by atoms with Crippen LogP contribution < -0.4 is 16.0 Å². The van der Waals surface area contributed by atoms with E-state index in [-0.39, 0.29) is 5.91 Å². The number of carbonyl (C=O) groups excluding carboxylic acids is 1. The van der Waals surface area contributed by atoms with Gasteiger partial charge in [-0.25, -0.2) is 0 Å². The van der Waals surface area contributed by atoms with Crippen molar-refractivity contribution in [2.24, 2.45) is 11.7 Å². The van der Waals surface area contributed by atoms with Crippen LogP contribution in [0.2, 0.25) is 0 Å². The predicted molar refractivity (Wildman–Crippen MR) is 77.8 cm³/mol. The molecule has 1 aliphatic rings. The van der Waals surface area contributed by atoms with Crippen molar-refractivity contribution < 1.29 is 4.79 Å². The average Bonchev–Trinajstić information content (AvgIpc) is 2.53. The van der Waals surface area contributed by atoms with Crippen molar-refractivity contribution in [1.82, 2.24) is 0 Å². The van der Waals surface area contributed by atoms with Crippen molar-refractivity contribution in [1.29, 1.82) is 0 Å². The van der Waals surface area contributed by atoms with Crippen LogP contribution in [0.25, 0.3) is 0 Å². The summed E-state index contributed by atoms with van der Waals surface area (Å²) in [5.41, 5.74) is 8.56. The van der Waals surface area contributed by atoms with Crippen molar-refractivity contribution in [2.75, 3.05) is 23.8 Å². The summed E-state index contributed by atoms with van der Waals surface area (Å²) in [6.45, 7) is 5.31. The minimum absolute atomic E-state index is 0.138. The van der Waals surface area contributed by atoms with Gasteiger partial charge in [-0.2, -0.15) is 0 Å². The van der Waals surface area contributed by atoms with E-state index in [1.165, 1.54) is 0 Å². The Kier molecular flexibility index (Phi) is 3.64. The topological polar surface area (TPSA) is 58.4 Å². The van der Waals surface area contributed by atoms with E-state index in [0.717, 1.165) is 28.0 Å². The molecule has 0 saturated carbocycles. The average molecular weight is 312 g/mol. The summed E-state index contributed by atoms with van der Waals surface area (Å²) in [5, 5.41) is 2.81. The molecule has 4 nitrogen and oxygen atoms in total. The van der Waals surface area contributed by atoms with Crippen LogP contribution in [0.4, 0.5) is 11.4 Å². The molecule has 5 heteroatoms. The number of hydrogen-bond acceptors (Lipinski definition) is 3. The highest BCUT2D eigenvalue weighted by molar-refractivity contribution is 9.10. The van der Waals surface area contributed by atoms with E-state index < -0.39 is 6.04 Å². The summed E-state index contributed by atoms with van der Waals surface area (Å²) in [5.74, 6) is 0.438. The fourth-order valence-electron chi connectivity index (χ4n) is 2.23. The molecule has 0 aromatic heterocycles. The number of halogens is 1. The van der Waals surface area contributed by atoms with Gasteiger partial charge in [0.2, 0.25) is 5.91 Å². The molecule has 1 amide bonds. The maximum absolute atomic E-state index is 11.5. The Balaban J connectivity index is 2.35. The van der Waals surface area contributed by atoms with Crippen molar-refractivity contribution in [3.05, 3.63) is 22.2 Å². The van der Waals surface area contributed by atoms with Crippen LogP contribution in [0, 0.1) is 5.92 Å². The summed E-state index contributed by atoms with van der Waals surface area (Å²) in [6.07, 6.45) is 0. The Morgan fingerprint density at radius 3 is 2.78 bits per heavy atom. The van der Waals surface area contributed by atoms with Crippen LogP contribution in [-0.2, 0) is 4.79 Å². The largest absolute Gasteiger partial charge is 0.373 e. The second-order valence-electron chi connectivity index (χ2n) is 5.13. The number of nitrogens with one attached hydrogen (secondary N) is 1. The Morgan fingerprint density at radius 2 is 2.17 bits per heavy atom. The highest BCUT2D eigenvalue weighted by Crippen LogP contribution is 2.38. The molecule has 1 atom stereocenters. The van der Waals surface area contributed by atoms with E-state index in [2.05, 4.69) is 40.0 Å². The van der Waals surface area contributed by atoms with E-state index in [0.29, 0.717) is 5.92 Å². The molecule has 0 radical (unpaired) electrons. The van der Waals surface area contributed by atoms with Gasteiger partial charge in [0.15, 0.2) is 0 Å². The van der Waals surface area contributed by atoms with Gasteiger partial charge in [0.1, 0.15) is 6.04 Å². The molecule has 2 rings (SSSR count). The maximum atomic E-state index is 11.5. The summed E-state index contributed by atoms with van der Waals surface area (Å²) in [7, 11) is 2.04. The molecule has 0 fully saturated rings. The second kappa shape index (κ2) is 4.90. The molecular formula is C13H18BrN3O. The van der Waals surface area contributed by atoms with Crippen LogP contribution in [0.5, 0.6) is 0 Å². The first-order valence-electron chi connectivity index (χ1n) is 6.01. The Labute approximate surface area is 116 Å². The van der Waals surface area contributed by atoms with Gasteiger partial charge in [0, 0.05) is 29.3 Å². The third-order valence-corrected chi connectivity index (χ3v) is 3.68. The number of amides is 1. The summed E-state index contributed by atoms with van der Waals surface area (Å²) in [6, 6.07) is 3.36. The van der Waals surface area contributed by atoms with E-state index in [1.54, 1.807) is 0 Å². The lowest BCUT2D eigenvalue weighted by atomic mass is 10.1. The van der Waals surface area contributed by atoms with Gasteiger partial charge in [0.05, 0.1) is 5.69 Å². The zero-order chi connectivity index (χ0) is 13.4. The zero-order valence-electron chi connectivity index (χ0n) is 10.8. The van der Waals surface area contributed by atoms with E-state index >= 15 is 0 Å². The number of nitrogens with zero attached hydrogens (tertiary/aromatic N) is 1. The summed E-state index contributed by atoms with van der Waals surface area (Å²) >= 11 is 3.55. The lowest BCUT2D eigenvalue weighted by molar-refractivity contribution is -0.116. The van der Waals surface area contributed by atoms with Gasteiger partial charge in [-0.05, 0) is 34.0 Å². The van der Waals surface area contributed by atoms with E-state index in [4.69, 9.17) is 5.73 Å². The molecule has 0 bridgehead atoms. The van der Waals surface area contributed by atoms with Crippen LogP contribution in [0.3, 0.4) is 0 Å². The normalized spacial score (nSPS) is 17.9. The number of rotatable bonds is 3. The number of nitrogens with two attached hydrogens (primary N) is 1. The highest BCUT2D eigenvalue weighted by atomic mass is 79.9. The Morgan fingerprint density at radius 1 is 1.50 bits per heavy atom. The molecule has 98 valence electrons. The molecule has 1 aromatic rings. The molecule has 0 aliphatic carbocycles. The fraction of sp³-hybridized carbons (Fsp3) is 0.462. The van der Waals surface area contributed by atoms with Crippen LogP contribution in [0.15, 0.2) is 16.6 Å². The van der Waals surface area contributed by atoms with Crippen molar-refractivity contribution >= 4 is 33.2 Å². The number of carbonyl (C=O) groups is 1. The van der Waals surface area contributed by atoms with Crippen molar-refractivity contribution in [2.45, 2.75) is 19.9 Å². The molecule has 18 heavy (non-hydrogen) atoms. The quantitative estimate of drug-likeness (QED) is 0.901. The SMILES string of the molecule is CC(C)CN(C)c1cc2c(cc1Br)C(N)C(=O)N2. The monoisotopic (exact) mass is 311 g/mol. The molecular weight excluding hydrogens is 294 g/mol. The van der Waals surface area contributed by atoms with Crippen molar-refractivity contribution in [3.8, 4) is 0 Å². The lowest BCUT2D eigenvalue weighted by Crippen LogP contribution is -2.23. The lowest BCUT2D eigenvalue weighted by Gasteiger charge is -2.23. The minimum Gasteiger partial charge on any atom is -0.373 e. The molecule has 1 unspecified atom stereocenters. The van der Waals surface area contributed by atoms with Gasteiger partial charge in [0.25, 0.3) is 0 Å². The molecule has 0 saturated heterocycles. The number of benzene rings is 1. The summed E-state index contributed by atoms with van der Waals surface area (Å²) in [4.78, 5) is 13.7. The van der Waals surface area contributed by atoms with Gasteiger partial charge in [-0.15, -0.1) is 0 Å². The number of fused-ring (bicyclic) bond motifs is 1. The third-order valence-electron chi connectivity index (χ3n) is 3.04. The number of hydrogen-bond donors (Lipinski definition) is 2. The fourth-order valence-corrected chi connectivity index (χ4v) is 2.90. The van der Waals surface area contributed by atoms with Crippen LogP contribution in [-0.4, -0.2) is 19.5 Å². The molecule has 1 aromatic carbocycles. The molecule has 1 aliphatic heterocycles. The predicted octanol–water partition coefficient (Wildman–Crippen LogP) is 2.49. The highest BCUT2D eigenvalue weighted by Gasteiger charge is 2.28. The molecule has 3 N–H and O–H groups in total. The van der Waals surface area contributed by atoms with Gasteiger partial charge >= 0.3 is 0 Å². The van der Waals surface area contributed by atoms with Gasteiger partial charge in [-0.1, -0.05) is 13.8 Å². The van der Waals surface area contributed by atoms with Gasteiger partial charge in [-0.3, -0.25) is 4.79 Å². The third kappa shape index (κ3) is 2.37. The van der Waals surface area contributed by atoms with Gasteiger partial charge < -0.3 is 16.0 Å². The standard InChI is InChI=1S/C13H18BrN3O/c1-7(2)6-17(3)11-5-10-8(4-9(11)14)12(15)13(18)16-10/h4-5,7,12H,6,15H2,1-3H3,(H,16,18). The Bertz CT molecular complexity index is 487. The molecule has 1 heterocycles. The minimum atomic E-state index is -0.555. The first kappa shape index (κ1) is 13.4. The van der Waals surface area contributed by atoms with E-state index in [1.807, 2.05) is 19.2 Å².